The number of fused-ring (bicyclic) bond motifs is 1. The van der Waals surface area contributed by atoms with E-state index in [2.05, 4.69) is 20.5 Å². The molecule has 0 bridgehead atoms. The van der Waals surface area contributed by atoms with E-state index in [4.69, 9.17) is 4.42 Å². The molecular formula is C17H11FN4O2. The van der Waals surface area contributed by atoms with Crippen molar-refractivity contribution in [2.45, 2.75) is 0 Å². The Bertz CT molecular complexity index is 1040. The summed E-state index contributed by atoms with van der Waals surface area (Å²) in [6.45, 7) is 0. The Kier molecular flexibility index (Phi) is 3.31. The molecule has 7 heteroatoms. The number of benzene rings is 2. The largest absolute Gasteiger partial charge is 0.400 e. The molecule has 0 aliphatic heterocycles. The Hall–Kier alpha value is -3.48. The summed E-state index contributed by atoms with van der Waals surface area (Å²) in [5, 5.41) is 10.9. The number of nitrogens with one attached hydrogen (secondary N) is 2. The number of aromatic amines is 1. The highest BCUT2D eigenvalue weighted by Gasteiger charge is 2.20. The summed E-state index contributed by atoms with van der Waals surface area (Å²) in [4.78, 5) is 15.6. The first-order valence-electron chi connectivity index (χ1n) is 7.18. The van der Waals surface area contributed by atoms with Crippen molar-refractivity contribution in [2.24, 2.45) is 0 Å². The first-order chi connectivity index (χ1) is 11.7. The van der Waals surface area contributed by atoms with Crippen molar-refractivity contribution in [1.29, 1.82) is 0 Å². The standard InChI is InChI=1S/C17H11FN4O2/c18-12-6-2-4-8-14(12)20-17-22-21-16(24-17)15(23)11-9-19-13-7-3-1-5-10(11)13/h1-9,19H,(H,20,22). The second-order valence-corrected chi connectivity index (χ2v) is 5.09. The molecule has 2 heterocycles. The zero-order valence-corrected chi connectivity index (χ0v) is 12.3. The van der Waals surface area contributed by atoms with Crippen LogP contribution in [0.5, 0.6) is 0 Å². The lowest BCUT2D eigenvalue weighted by atomic mass is 10.1. The average molecular weight is 322 g/mol. The summed E-state index contributed by atoms with van der Waals surface area (Å²) in [7, 11) is 0. The van der Waals surface area contributed by atoms with Gasteiger partial charge >= 0.3 is 6.01 Å². The number of para-hydroxylation sites is 2. The van der Waals surface area contributed by atoms with Crippen molar-refractivity contribution in [2.75, 3.05) is 5.32 Å². The summed E-state index contributed by atoms with van der Waals surface area (Å²) >= 11 is 0. The van der Waals surface area contributed by atoms with E-state index in [1.165, 1.54) is 12.1 Å². The van der Waals surface area contributed by atoms with E-state index in [0.717, 1.165) is 10.9 Å². The smallest absolute Gasteiger partial charge is 0.320 e. The summed E-state index contributed by atoms with van der Waals surface area (Å²) in [6.07, 6.45) is 1.60. The Labute approximate surface area is 135 Å². The first kappa shape index (κ1) is 14.1. The van der Waals surface area contributed by atoms with Crippen LogP contribution in [0.4, 0.5) is 16.1 Å². The highest BCUT2D eigenvalue weighted by atomic mass is 19.1. The third-order valence-corrected chi connectivity index (χ3v) is 3.57. The van der Waals surface area contributed by atoms with Crippen LogP contribution >= 0.6 is 0 Å². The second-order valence-electron chi connectivity index (χ2n) is 5.09. The Balaban J connectivity index is 1.63. The van der Waals surface area contributed by atoms with Crippen LogP contribution < -0.4 is 5.32 Å². The normalized spacial score (nSPS) is 10.9. The molecule has 0 unspecified atom stereocenters. The monoisotopic (exact) mass is 322 g/mol. The molecule has 6 nitrogen and oxygen atoms in total. The molecular weight excluding hydrogens is 311 g/mol. The fourth-order valence-electron chi connectivity index (χ4n) is 2.42. The maximum Gasteiger partial charge on any atom is 0.320 e. The molecule has 0 saturated carbocycles. The zero-order chi connectivity index (χ0) is 16.5. The van der Waals surface area contributed by atoms with E-state index in [1.54, 1.807) is 18.3 Å². The maximum absolute atomic E-state index is 13.6. The van der Waals surface area contributed by atoms with Crippen LogP contribution in [-0.2, 0) is 0 Å². The molecule has 0 fully saturated rings. The van der Waals surface area contributed by atoms with Crippen LogP contribution in [-0.4, -0.2) is 21.0 Å². The molecule has 2 aromatic carbocycles. The van der Waals surface area contributed by atoms with Crippen LogP contribution in [0.1, 0.15) is 16.2 Å². The predicted molar refractivity (Wildman–Crippen MR) is 85.7 cm³/mol. The highest BCUT2D eigenvalue weighted by molar-refractivity contribution is 6.14. The van der Waals surface area contributed by atoms with Gasteiger partial charge < -0.3 is 14.7 Å². The summed E-state index contributed by atoms with van der Waals surface area (Å²) in [6, 6.07) is 13.4. The molecule has 0 radical (unpaired) electrons. The number of carbonyl (C=O) groups is 1. The number of rotatable bonds is 4. The van der Waals surface area contributed by atoms with Crippen LogP contribution in [0.15, 0.2) is 59.1 Å². The number of halogens is 1. The SMILES string of the molecule is O=C(c1nnc(Nc2ccccc2F)o1)c1c[nH]c2ccccc12. The number of H-pyrrole nitrogens is 1. The van der Waals surface area contributed by atoms with E-state index in [0.29, 0.717) is 5.56 Å². The molecule has 2 aromatic heterocycles. The van der Waals surface area contributed by atoms with E-state index in [-0.39, 0.29) is 17.6 Å². The molecule has 24 heavy (non-hydrogen) atoms. The Morgan fingerprint density at radius 1 is 1.08 bits per heavy atom. The van der Waals surface area contributed by atoms with Crippen LogP contribution in [0.25, 0.3) is 10.9 Å². The van der Waals surface area contributed by atoms with Gasteiger partial charge in [-0.3, -0.25) is 4.79 Å². The fourth-order valence-corrected chi connectivity index (χ4v) is 2.42. The Morgan fingerprint density at radius 3 is 2.75 bits per heavy atom. The van der Waals surface area contributed by atoms with Gasteiger partial charge in [0.05, 0.1) is 11.3 Å². The van der Waals surface area contributed by atoms with E-state index in [9.17, 15) is 9.18 Å². The highest BCUT2D eigenvalue weighted by Crippen LogP contribution is 2.22. The van der Waals surface area contributed by atoms with Gasteiger partial charge in [-0.1, -0.05) is 35.4 Å². The quantitative estimate of drug-likeness (QED) is 0.560. The van der Waals surface area contributed by atoms with Gasteiger partial charge in [-0.25, -0.2) is 4.39 Å². The van der Waals surface area contributed by atoms with Crippen molar-refractivity contribution in [3.63, 3.8) is 0 Å². The molecule has 0 aliphatic carbocycles. The molecule has 0 amide bonds. The van der Waals surface area contributed by atoms with Gasteiger partial charge in [-0.05, 0) is 18.2 Å². The van der Waals surface area contributed by atoms with E-state index >= 15 is 0 Å². The number of hydrogen-bond donors (Lipinski definition) is 2. The lowest BCUT2D eigenvalue weighted by Crippen LogP contribution is -2.00. The fraction of sp³-hybridized carbons (Fsp3) is 0. The Morgan fingerprint density at radius 2 is 1.88 bits per heavy atom. The minimum absolute atomic E-state index is 0.0525. The number of ketones is 1. The number of anilines is 2. The van der Waals surface area contributed by atoms with Crippen molar-refractivity contribution in [3.8, 4) is 0 Å². The molecule has 4 aromatic rings. The van der Waals surface area contributed by atoms with Crippen molar-refractivity contribution in [1.82, 2.24) is 15.2 Å². The maximum atomic E-state index is 13.6. The molecule has 4 rings (SSSR count). The van der Waals surface area contributed by atoms with Crippen LogP contribution in [0.2, 0.25) is 0 Å². The summed E-state index contributed by atoms with van der Waals surface area (Å²) in [5.41, 5.74) is 1.46. The van der Waals surface area contributed by atoms with Gasteiger partial charge in [0.15, 0.2) is 0 Å². The summed E-state index contributed by atoms with van der Waals surface area (Å²) in [5.74, 6) is -1.03. The molecule has 0 saturated heterocycles. The topological polar surface area (TPSA) is 83.8 Å². The minimum Gasteiger partial charge on any atom is -0.400 e. The molecule has 118 valence electrons. The lowest BCUT2D eigenvalue weighted by molar-refractivity contribution is 0.100. The zero-order valence-electron chi connectivity index (χ0n) is 12.3. The summed E-state index contributed by atoms with van der Waals surface area (Å²) < 4.78 is 18.9. The predicted octanol–water partition coefficient (Wildman–Crippen LogP) is 3.66. The van der Waals surface area contributed by atoms with Gasteiger partial charge in [0.1, 0.15) is 5.82 Å². The second kappa shape index (κ2) is 5.62. The van der Waals surface area contributed by atoms with Gasteiger partial charge in [-0.15, -0.1) is 5.10 Å². The first-order valence-corrected chi connectivity index (χ1v) is 7.18. The van der Waals surface area contributed by atoms with E-state index < -0.39 is 11.6 Å². The van der Waals surface area contributed by atoms with E-state index in [1.807, 2.05) is 24.3 Å². The number of aromatic nitrogens is 3. The van der Waals surface area contributed by atoms with Gasteiger partial charge in [0.25, 0.3) is 11.7 Å². The van der Waals surface area contributed by atoms with Gasteiger partial charge in [0, 0.05) is 17.1 Å². The van der Waals surface area contributed by atoms with Crippen molar-refractivity contribution >= 4 is 28.4 Å². The van der Waals surface area contributed by atoms with Crippen molar-refractivity contribution in [3.05, 3.63) is 72.0 Å². The number of carbonyl (C=O) groups excluding carboxylic acids is 1. The van der Waals surface area contributed by atoms with Crippen molar-refractivity contribution < 1.29 is 13.6 Å². The molecule has 0 aliphatic rings. The van der Waals surface area contributed by atoms with Gasteiger partial charge in [-0.2, -0.15) is 0 Å². The number of hydrogen-bond acceptors (Lipinski definition) is 5. The molecule has 0 spiro atoms. The third kappa shape index (κ3) is 2.41. The molecule has 2 N–H and O–H groups in total. The average Bonchev–Trinajstić information content (AvgIpc) is 3.23. The minimum atomic E-state index is -0.458. The molecule has 0 atom stereocenters. The van der Waals surface area contributed by atoms with Gasteiger partial charge in [0.2, 0.25) is 0 Å². The third-order valence-electron chi connectivity index (χ3n) is 3.57. The number of nitrogens with zero attached hydrogens (tertiary/aromatic N) is 2. The van der Waals surface area contributed by atoms with Crippen LogP contribution in [0, 0.1) is 5.82 Å². The lowest BCUT2D eigenvalue weighted by Gasteiger charge is -2.01. The van der Waals surface area contributed by atoms with Crippen LogP contribution in [0.3, 0.4) is 0 Å².